The Morgan fingerprint density at radius 1 is 1.38 bits per heavy atom. The SMILES string of the molecule is CCn1c(NC(=O)c2cn(C)nn2)nc2cc(C)ccc21. The fourth-order valence-corrected chi connectivity index (χ4v) is 2.27. The Bertz CT molecular complexity index is 816. The Balaban J connectivity index is 1.98. The van der Waals surface area contributed by atoms with Crippen LogP contribution in [0.4, 0.5) is 5.95 Å². The lowest BCUT2D eigenvalue weighted by Gasteiger charge is -2.06. The summed E-state index contributed by atoms with van der Waals surface area (Å²) < 4.78 is 3.45. The van der Waals surface area contributed by atoms with Gasteiger partial charge in [-0.25, -0.2) is 4.98 Å². The minimum Gasteiger partial charge on any atom is -0.310 e. The van der Waals surface area contributed by atoms with Crippen LogP contribution in [-0.2, 0) is 13.6 Å². The fourth-order valence-electron chi connectivity index (χ4n) is 2.27. The number of hydrogen-bond donors (Lipinski definition) is 1. The van der Waals surface area contributed by atoms with Gasteiger partial charge in [0.25, 0.3) is 5.91 Å². The second-order valence-corrected chi connectivity index (χ2v) is 4.90. The molecule has 0 unspecified atom stereocenters. The fraction of sp³-hybridized carbons (Fsp3) is 0.286. The van der Waals surface area contributed by atoms with Crippen LogP contribution in [0.15, 0.2) is 24.4 Å². The first kappa shape index (κ1) is 13.3. The highest BCUT2D eigenvalue weighted by Gasteiger charge is 2.15. The molecule has 0 aliphatic carbocycles. The molecule has 7 nitrogen and oxygen atoms in total. The molecule has 7 heteroatoms. The summed E-state index contributed by atoms with van der Waals surface area (Å²) in [6.07, 6.45) is 1.57. The largest absolute Gasteiger partial charge is 0.310 e. The highest BCUT2D eigenvalue weighted by Crippen LogP contribution is 2.21. The number of nitrogens with zero attached hydrogens (tertiary/aromatic N) is 5. The molecule has 3 rings (SSSR count). The van der Waals surface area contributed by atoms with Crippen LogP contribution < -0.4 is 5.32 Å². The molecule has 0 spiro atoms. The van der Waals surface area contributed by atoms with Crippen molar-refractivity contribution in [2.75, 3.05) is 5.32 Å². The number of aryl methyl sites for hydroxylation is 3. The average molecular weight is 284 g/mol. The lowest BCUT2D eigenvalue weighted by Crippen LogP contribution is -2.16. The predicted octanol–water partition coefficient (Wildman–Crippen LogP) is 1.75. The van der Waals surface area contributed by atoms with Gasteiger partial charge in [-0.1, -0.05) is 11.3 Å². The number of carbonyl (C=O) groups excluding carboxylic acids is 1. The molecule has 0 aliphatic heterocycles. The third-order valence-electron chi connectivity index (χ3n) is 3.28. The summed E-state index contributed by atoms with van der Waals surface area (Å²) in [6, 6.07) is 6.04. The summed E-state index contributed by atoms with van der Waals surface area (Å²) in [6.45, 7) is 4.75. The van der Waals surface area contributed by atoms with Crippen LogP contribution in [0.2, 0.25) is 0 Å². The van der Waals surface area contributed by atoms with Gasteiger partial charge in [-0.05, 0) is 31.5 Å². The zero-order valence-electron chi connectivity index (χ0n) is 12.2. The normalized spacial score (nSPS) is 11.0. The maximum Gasteiger partial charge on any atom is 0.280 e. The second-order valence-electron chi connectivity index (χ2n) is 4.90. The average Bonchev–Trinajstić information content (AvgIpc) is 3.01. The smallest absolute Gasteiger partial charge is 0.280 e. The number of fused-ring (bicyclic) bond motifs is 1. The topological polar surface area (TPSA) is 77.6 Å². The van der Waals surface area contributed by atoms with Crippen LogP contribution in [0.5, 0.6) is 0 Å². The molecule has 0 fully saturated rings. The number of nitrogens with one attached hydrogen (secondary N) is 1. The van der Waals surface area contributed by atoms with Crippen molar-refractivity contribution >= 4 is 22.9 Å². The van der Waals surface area contributed by atoms with E-state index in [1.54, 1.807) is 13.2 Å². The van der Waals surface area contributed by atoms with E-state index in [9.17, 15) is 4.79 Å². The summed E-state index contributed by atoms with van der Waals surface area (Å²) in [7, 11) is 1.72. The van der Waals surface area contributed by atoms with Crippen LogP contribution >= 0.6 is 0 Å². The summed E-state index contributed by atoms with van der Waals surface area (Å²) >= 11 is 0. The van der Waals surface area contributed by atoms with Gasteiger partial charge in [0.1, 0.15) is 0 Å². The number of imidazole rings is 1. The molecule has 21 heavy (non-hydrogen) atoms. The third kappa shape index (κ3) is 2.37. The first-order valence-corrected chi connectivity index (χ1v) is 6.73. The molecular weight excluding hydrogens is 268 g/mol. The molecule has 2 heterocycles. The summed E-state index contributed by atoms with van der Waals surface area (Å²) in [5.74, 6) is 0.207. The Labute approximate surface area is 121 Å². The highest BCUT2D eigenvalue weighted by molar-refractivity contribution is 6.02. The van der Waals surface area contributed by atoms with E-state index in [2.05, 4.69) is 20.6 Å². The van der Waals surface area contributed by atoms with Gasteiger partial charge in [-0.15, -0.1) is 5.10 Å². The lowest BCUT2D eigenvalue weighted by atomic mass is 10.2. The summed E-state index contributed by atoms with van der Waals surface area (Å²) in [4.78, 5) is 16.7. The highest BCUT2D eigenvalue weighted by atomic mass is 16.2. The first-order chi connectivity index (χ1) is 10.1. The van der Waals surface area contributed by atoms with Gasteiger partial charge < -0.3 is 4.57 Å². The van der Waals surface area contributed by atoms with Gasteiger partial charge in [0.15, 0.2) is 5.69 Å². The van der Waals surface area contributed by atoms with Gasteiger partial charge in [0.2, 0.25) is 5.95 Å². The van der Waals surface area contributed by atoms with E-state index < -0.39 is 0 Å². The molecule has 0 atom stereocenters. The van der Waals surface area contributed by atoms with E-state index in [0.29, 0.717) is 5.95 Å². The Kier molecular flexibility index (Phi) is 3.17. The number of aromatic nitrogens is 5. The Morgan fingerprint density at radius 2 is 2.19 bits per heavy atom. The van der Waals surface area contributed by atoms with Gasteiger partial charge in [-0.2, -0.15) is 0 Å². The molecule has 1 amide bonds. The number of rotatable bonds is 3. The molecule has 3 aromatic rings. The first-order valence-electron chi connectivity index (χ1n) is 6.73. The zero-order valence-corrected chi connectivity index (χ0v) is 12.2. The van der Waals surface area contributed by atoms with Crippen molar-refractivity contribution in [2.24, 2.45) is 7.05 Å². The van der Waals surface area contributed by atoms with Crippen molar-refractivity contribution in [1.29, 1.82) is 0 Å². The van der Waals surface area contributed by atoms with E-state index in [1.807, 2.05) is 36.6 Å². The minimum absolute atomic E-state index is 0.267. The molecule has 2 aromatic heterocycles. The molecule has 1 N–H and O–H groups in total. The van der Waals surface area contributed by atoms with Crippen LogP contribution in [-0.4, -0.2) is 30.5 Å². The quantitative estimate of drug-likeness (QED) is 0.794. The lowest BCUT2D eigenvalue weighted by molar-refractivity contribution is 0.102. The van der Waals surface area contributed by atoms with Gasteiger partial charge in [-0.3, -0.25) is 14.8 Å². The standard InChI is InChI=1S/C14H16N6O/c1-4-20-12-6-5-9(2)7-10(12)15-14(20)16-13(21)11-8-19(3)18-17-11/h5-8H,4H2,1-3H3,(H,15,16,21). The van der Waals surface area contributed by atoms with Crippen molar-refractivity contribution in [2.45, 2.75) is 20.4 Å². The van der Waals surface area contributed by atoms with E-state index >= 15 is 0 Å². The molecule has 108 valence electrons. The van der Waals surface area contributed by atoms with Crippen molar-refractivity contribution in [3.63, 3.8) is 0 Å². The number of hydrogen-bond acceptors (Lipinski definition) is 4. The summed E-state index contributed by atoms with van der Waals surface area (Å²) in [5, 5.41) is 10.4. The predicted molar refractivity (Wildman–Crippen MR) is 79.1 cm³/mol. The number of amides is 1. The number of anilines is 1. The number of carbonyl (C=O) groups is 1. The van der Waals surface area contributed by atoms with Crippen molar-refractivity contribution < 1.29 is 4.79 Å². The molecule has 0 bridgehead atoms. The molecule has 1 aromatic carbocycles. The minimum atomic E-state index is -0.315. The van der Waals surface area contributed by atoms with Gasteiger partial charge in [0.05, 0.1) is 17.2 Å². The molecule has 0 radical (unpaired) electrons. The second kappa shape index (κ2) is 5.01. The monoisotopic (exact) mass is 284 g/mol. The van der Waals surface area contributed by atoms with Crippen molar-refractivity contribution in [3.8, 4) is 0 Å². The van der Waals surface area contributed by atoms with Crippen LogP contribution in [0.25, 0.3) is 11.0 Å². The van der Waals surface area contributed by atoms with Crippen molar-refractivity contribution in [1.82, 2.24) is 24.5 Å². The van der Waals surface area contributed by atoms with Crippen LogP contribution in [0.3, 0.4) is 0 Å². The maximum absolute atomic E-state index is 12.2. The third-order valence-corrected chi connectivity index (χ3v) is 3.28. The Morgan fingerprint density at radius 3 is 2.86 bits per heavy atom. The molecule has 0 aliphatic rings. The van der Waals surface area contributed by atoms with E-state index in [1.165, 1.54) is 4.68 Å². The molecular formula is C14H16N6O. The summed E-state index contributed by atoms with van der Waals surface area (Å²) in [5.41, 5.74) is 3.27. The van der Waals surface area contributed by atoms with Gasteiger partial charge >= 0.3 is 0 Å². The van der Waals surface area contributed by atoms with Gasteiger partial charge in [0, 0.05) is 13.6 Å². The van der Waals surface area contributed by atoms with Crippen LogP contribution in [0.1, 0.15) is 23.0 Å². The molecule has 0 saturated carbocycles. The maximum atomic E-state index is 12.2. The van der Waals surface area contributed by atoms with Crippen LogP contribution in [0, 0.1) is 6.92 Å². The van der Waals surface area contributed by atoms with E-state index in [0.717, 1.165) is 23.1 Å². The Hall–Kier alpha value is -2.70. The van der Waals surface area contributed by atoms with E-state index in [4.69, 9.17) is 0 Å². The van der Waals surface area contributed by atoms with E-state index in [-0.39, 0.29) is 11.6 Å². The zero-order chi connectivity index (χ0) is 15.0. The number of benzene rings is 1. The van der Waals surface area contributed by atoms with Crippen molar-refractivity contribution in [3.05, 3.63) is 35.7 Å². The molecule has 0 saturated heterocycles.